The molecule has 1 aliphatic rings. The molecule has 0 saturated heterocycles. The molecule has 3 aromatic rings. The molecule has 4 rings (SSSR count). The summed E-state index contributed by atoms with van der Waals surface area (Å²) in [6.45, 7) is 2.97. The number of amides is 1. The van der Waals surface area contributed by atoms with Crippen LogP contribution in [0.4, 0.5) is 0 Å². The third-order valence-electron chi connectivity index (χ3n) is 6.26. The largest absolute Gasteiger partial charge is 0.395 e. The van der Waals surface area contributed by atoms with Gasteiger partial charge in [0.1, 0.15) is 0 Å². The zero-order valence-electron chi connectivity index (χ0n) is 17.4. The fraction of sp³-hybridized carbons (Fsp3) is 0.333. The monoisotopic (exact) mass is 416 g/mol. The normalized spacial score (nSPS) is 17.2. The van der Waals surface area contributed by atoms with Gasteiger partial charge in [0.15, 0.2) is 0 Å². The number of rotatable bonds is 8. The molecule has 7 nitrogen and oxygen atoms in total. The van der Waals surface area contributed by atoms with E-state index < -0.39 is 0 Å². The van der Waals surface area contributed by atoms with Gasteiger partial charge in [-0.2, -0.15) is 10.2 Å². The van der Waals surface area contributed by atoms with Gasteiger partial charge in [0.05, 0.1) is 23.8 Å². The Morgan fingerprint density at radius 1 is 1.26 bits per heavy atom. The van der Waals surface area contributed by atoms with Crippen molar-refractivity contribution in [3.63, 3.8) is 0 Å². The highest BCUT2D eigenvalue weighted by Crippen LogP contribution is 2.45. The van der Waals surface area contributed by atoms with Gasteiger partial charge in [0.25, 0.3) is 5.89 Å². The summed E-state index contributed by atoms with van der Waals surface area (Å²) >= 11 is 0. The maximum Gasteiger partial charge on any atom is 0.259 e. The molecule has 1 aromatic heterocycles. The number of benzene rings is 2. The highest BCUT2D eigenvalue weighted by atomic mass is 16.5. The molecule has 0 radical (unpaired) electrons. The summed E-state index contributed by atoms with van der Waals surface area (Å²) in [4.78, 5) is 17.7. The van der Waals surface area contributed by atoms with Crippen LogP contribution in [0.25, 0.3) is 22.8 Å². The molecule has 7 heteroatoms. The number of fused-ring (bicyclic) bond motifs is 1. The molecule has 1 aliphatic carbocycles. The number of nitrogens with zero attached hydrogens (tertiary/aromatic N) is 4. The molecule has 1 heterocycles. The van der Waals surface area contributed by atoms with E-state index in [-0.39, 0.29) is 12.0 Å². The third-order valence-corrected chi connectivity index (χ3v) is 6.26. The van der Waals surface area contributed by atoms with Crippen LogP contribution in [0.1, 0.15) is 36.5 Å². The summed E-state index contributed by atoms with van der Waals surface area (Å²) in [6.07, 6.45) is 3.46. The van der Waals surface area contributed by atoms with Crippen LogP contribution < -0.4 is 0 Å². The molecule has 0 bridgehead atoms. The Hall–Kier alpha value is -3.50. The lowest BCUT2D eigenvalue weighted by molar-refractivity contribution is -0.119. The fourth-order valence-electron chi connectivity index (χ4n) is 4.60. The summed E-state index contributed by atoms with van der Waals surface area (Å²) in [5, 5.41) is 22.8. The van der Waals surface area contributed by atoms with Crippen LogP contribution in [0.15, 0.2) is 47.0 Å². The van der Waals surface area contributed by atoms with E-state index in [1.165, 1.54) is 11.1 Å². The summed E-state index contributed by atoms with van der Waals surface area (Å²) < 4.78 is 5.51. The number of carbonyl (C=O) groups is 1. The van der Waals surface area contributed by atoms with Gasteiger partial charge >= 0.3 is 0 Å². The van der Waals surface area contributed by atoms with Gasteiger partial charge in [0.2, 0.25) is 12.2 Å². The first-order valence-corrected chi connectivity index (χ1v) is 10.4. The van der Waals surface area contributed by atoms with Gasteiger partial charge in [0, 0.05) is 24.1 Å². The second kappa shape index (κ2) is 8.70. The predicted molar refractivity (Wildman–Crippen MR) is 115 cm³/mol. The first-order valence-electron chi connectivity index (χ1n) is 10.4. The minimum absolute atomic E-state index is 0.0543. The van der Waals surface area contributed by atoms with Crippen molar-refractivity contribution in [2.45, 2.75) is 31.6 Å². The van der Waals surface area contributed by atoms with E-state index in [0.717, 1.165) is 31.2 Å². The average molecular weight is 416 g/mol. The molecule has 31 heavy (non-hydrogen) atoms. The fourth-order valence-corrected chi connectivity index (χ4v) is 4.60. The van der Waals surface area contributed by atoms with E-state index >= 15 is 0 Å². The summed E-state index contributed by atoms with van der Waals surface area (Å²) in [7, 11) is 0. The van der Waals surface area contributed by atoms with Crippen LogP contribution in [0.2, 0.25) is 0 Å². The van der Waals surface area contributed by atoms with Gasteiger partial charge in [-0.15, -0.1) is 0 Å². The second-order valence-electron chi connectivity index (χ2n) is 7.85. The van der Waals surface area contributed by atoms with Crippen molar-refractivity contribution < 1.29 is 14.4 Å². The van der Waals surface area contributed by atoms with Crippen molar-refractivity contribution in [2.75, 3.05) is 19.7 Å². The number of nitriles is 1. The molecule has 1 atom stereocenters. The Kier molecular flexibility index (Phi) is 5.83. The van der Waals surface area contributed by atoms with E-state index in [2.05, 4.69) is 29.2 Å². The molecule has 0 aliphatic heterocycles. The predicted octanol–water partition coefficient (Wildman–Crippen LogP) is 3.32. The topological polar surface area (TPSA) is 103 Å². The van der Waals surface area contributed by atoms with Crippen LogP contribution in [0, 0.1) is 11.3 Å². The van der Waals surface area contributed by atoms with E-state index in [1.807, 2.05) is 18.2 Å². The lowest BCUT2D eigenvalue weighted by Gasteiger charge is -2.34. The Labute approximate surface area is 180 Å². The van der Waals surface area contributed by atoms with Crippen molar-refractivity contribution in [3.8, 4) is 28.9 Å². The van der Waals surface area contributed by atoms with Crippen molar-refractivity contribution in [3.05, 3.63) is 59.2 Å². The van der Waals surface area contributed by atoms with Crippen molar-refractivity contribution in [2.24, 2.45) is 0 Å². The molecule has 1 amide bonds. The third kappa shape index (κ3) is 3.71. The zero-order valence-corrected chi connectivity index (χ0v) is 17.4. The first kappa shape index (κ1) is 20.8. The maximum atomic E-state index is 11.5. The SMILES string of the molecule is CCC1(CN(C=O)CCO)CCc2c(-c3noc(-c4ccccc4C#N)n3)cccc21. The van der Waals surface area contributed by atoms with Crippen LogP contribution in [-0.4, -0.2) is 46.3 Å². The van der Waals surface area contributed by atoms with E-state index in [0.29, 0.717) is 35.9 Å². The molecule has 158 valence electrons. The van der Waals surface area contributed by atoms with Gasteiger partial charge in [-0.05, 0) is 42.5 Å². The van der Waals surface area contributed by atoms with Gasteiger partial charge < -0.3 is 14.5 Å². The standard InChI is InChI=1S/C24H24N4O3/c1-2-24(15-28(16-30)12-13-29)11-10-19-20(8-5-9-21(19)24)22-26-23(31-27-22)18-7-4-3-6-17(18)14-25/h3-9,16,29H,2,10-13,15H2,1H3. The van der Waals surface area contributed by atoms with Crippen LogP contribution in [0.3, 0.4) is 0 Å². The van der Waals surface area contributed by atoms with E-state index in [9.17, 15) is 15.2 Å². The zero-order chi connectivity index (χ0) is 21.8. The average Bonchev–Trinajstić information content (AvgIpc) is 3.44. The molecular weight excluding hydrogens is 392 g/mol. The van der Waals surface area contributed by atoms with Crippen LogP contribution >= 0.6 is 0 Å². The maximum absolute atomic E-state index is 11.5. The molecular formula is C24H24N4O3. The number of hydrogen-bond donors (Lipinski definition) is 1. The molecule has 0 saturated carbocycles. The Bertz CT molecular complexity index is 1130. The summed E-state index contributed by atoms with van der Waals surface area (Å²) in [6, 6.07) is 15.4. The van der Waals surface area contributed by atoms with E-state index in [4.69, 9.17) is 4.52 Å². The number of hydrogen-bond acceptors (Lipinski definition) is 6. The second-order valence-corrected chi connectivity index (χ2v) is 7.85. The molecule has 0 fully saturated rings. The van der Waals surface area contributed by atoms with Gasteiger partial charge in [-0.25, -0.2) is 0 Å². The Morgan fingerprint density at radius 3 is 2.81 bits per heavy atom. The number of aliphatic hydroxyl groups is 1. The Balaban J connectivity index is 1.72. The van der Waals surface area contributed by atoms with Crippen molar-refractivity contribution in [1.29, 1.82) is 5.26 Å². The summed E-state index contributed by atoms with van der Waals surface area (Å²) in [5.74, 6) is 0.814. The van der Waals surface area contributed by atoms with Crippen LogP contribution in [0.5, 0.6) is 0 Å². The van der Waals surface area contributed by atoms with Gasteiger partial charge in [-0.1, -0.05) is 42.4 Å². The number of aromatic nitrogens is 2. The van der Waals surface area contributed by atoms with Crippen LogP contribution in [-0.2, 0) is 16.6 Å². The minimum atomic E-state index is -0.165. The van der Waals surface area contributed by atoms with Gasteiger partial charge in [-0.3, -0.25) is 4.79 Å². The van der Waals surface area contributed by atoms with E-state index in [1.54, 1.807) is 23.1 Å². The smallest absolute Gasteiger partial charge is 0.259 e. The Morgan fingerprint density at radius 2 is 2.06 bits per heavy atom. The lowest BCUT2D eigenvalue weighted by atomic mass is 9.78. The first-order chi connectivity index (χ1) is 15.2. The van der Waals surface area contributed by atoms with Crippen molar-refractivity contribution in [1.82, 2.24) is 15.0 Å². The molecule has 1 N–H and O–H groups in total. The molecule has 1 unspecified atom stereocenters. The minimum Gasteiger partial charge on any atom is -0.395 e. The lowest BCUT2D eigenvalue weighted by Crippen LogP contribution is -2.40. The highest BCUT2D eigenvalue weighted by Gasteiger charge is 2.40. The summed E-state index contributed by atoms with van der Waals surface area (Å²) in [5.41, 5.74) is 4.21. The molecule has 2 aromatic carbocycles. The molecule has 0 spiro atoms. The number of carbonyl (C=O) groups excluding carboxylic acids is 1. The quantitative estimate of drug-likeness (QED) is 0.565. The number of aliphatic hydroxyl groups excluding tert-OH is 1. The highest BCUT2D eigenvalue weighted by molar-refractivity contribution is 5.69. The van der Waals surface area contributed by atoms with Crippen molar-refractivity contribution >= 4 is 6.41 Å².